The minimum Gasteiger partial charge on any atom is -0.493 e. The lowest BCUT2D eigenvalue weighted by Gasteiger charge is -2.12. The smallest absolute Gasteiger partial charge is 0.161 e. The molecule has 4 nitrogen and oxygen atoms in total. The molecule has 0 saturated carbocycles. The minimum absolute atomic E-state index is 0.465. The lowest BCUT2D eigenvalue weighted by atomic mass is 10.1. The summed E-state index contributed by atoms with van der Waals surface area (Å²) in [6.45, 7) is 3.06. The van der Waals surface area contributed by atoms with Gasteiger partial charge in [0, 0.05) is 17.1 Å². The number of aromatic amines is 1. The quantitative estimate of drug-likeness (QED) is 0.665. The molecule has 2 aromatic carbocycles. The highest BCUT2D eigenvalue weighted by Crippen LogP contribution is 2.28. The molecule has 3 aromatic rings. The van der Waals surface area contributed by atoms with Crippen molar-refractivity contribution in [2.45, 2.75) is 13.3 Å². The van der Waals surface area contributed by atoms with Crippen LogP contribution in [0.25, 0.3) is 10.9 Å². The third-order valence-electron chi connectivity index (χ3n) is 3.77. The Morgan fingerprint density at radius 2 is 1.78 bits per heavy atom. The molecular weight excluding hydrogens is 290 g/mol. The molecule has 1 N–H and O–H groups in total. The molecule has 4 heteroatoms. The first kappa shape index (κ1) is 15.3. The maximum absolute atomic E-state index is 5.77. The first-order valence-electron chi connectivity index (χ1n) is 7.80. The Labute approximate surface area is 136 Å². The number of hydrogen-bond acceptors (Lipinski definition) is 3. The van der Waals surface area contributed by atoms with E-state index >= 15 is 0 Å². The highest BCUT2D eigenvalue weighted by Gasteiger charge is 2.05. The van der Waals surface area contributed by atoms with E-state index in [0.29, 0.717) is 13.2 Å². The summed E-state index contributed by atoms with van der Waals surface area (Å²) in [5.74, 6) is 2.35. The van der Waals surface area contributed by atoms with E-state index < -0.39 is 0 Å². The van der Waals surface area contributed by atoms with Crippen molar-refractivity contribution in [2.75, 3.05) is 20.3 Å². The van der Waals surface area contributed by atoms with E-state index in [-0.39, 0.29) is 0 Å². The Balaban J connectivity index is 1.55. The van der Waals surface area contributed by atoms with Crippen molar-refractivity contribution < 1.29 is 14.2 Å². The SMILES string of the molecule is CCc1ccc(OCCOc2ccc3[nH]ccc3c2)c(OC)c1. The van der Waals surface area contributed by atoms with E-state index in [9.17, 15) is 0 Å². The number of rotatable bonds is 7. The Bertz CT molecular complexity index is 779. The van der Waals surface area contributed by atoms with Crippen molar-refractivity contribution in [3.8, 4) is 17.2 Å². The molecule has 120 valence electrons. The maximum atomic E-state index is 5.77. The number of fused-ring (bicyclic) bond motifs is 1. The summed E-state index contributed by atoms with van der Waals surface area (Å²) >= 11 is 0. The standard InChI is InChI=1S/C19H21NO3/c1-3-14-4-7-18(19(12-14)21-2)23-11-10-22-16-5-6-17-15(13-16)8-9-20-17/h4-9,12-13,20H,3,10-11H2,1-2H3. The number of aryl methyl sites for hydroxylation is 1. The largest absolute Gasteiger partial charge is 0.493 e. The predicted molar refractivity (Wildman–Crippen MR) is 91.7 cm³/mol. The molecule has 0 radical (unpaired) electrons. The summed E-state index contributed by atoms with van der Waals surface area (Å²) in [7, 11) is 1.66. The van der Waals surface area contributed by atoms with Gasteiger partial charge in [-0.1, -0.05) is 13.0 Å². The van der Waals surface area contributed by atoms with Crippen LogP contribution in [0.1, 0.15) is 12.5 Å². The van der Waals surface area contributed by atoms with E-state index in [0.717, 1.165) is 34.6 Å². The number of hydrogen-bond donors (Lipinski definition) is 1. The second-order valence-corrected chi connectivity index (χ2v) is 5.26. The van der Waals surface area contributed by atoms with Crippen LogP contribution in [0.5, 0.6) is 17.2 Å². The third kappa shape index (κ3) is 3.59. The monoisotopic (exact) mass is 311 g/mol. The van der Waals surface area contributed by atoms with Crippen LogP contribution in [0.4, 0.5) is 0 Å². The van der Waals surface area contributed by atoms with Gasteiger partial charge in [-0.05, 0) is 48.4 Å². The summed E-state index contributed by atoms with van der Waals surface area (Å²) in [6.07, 6.45) is 2.89. The van der Waals surface area contributed by atoms with Gasteiger partial charge in [0.15, 0.2) is 11.5 Å². The van der Waals surface area contributed by atoms with Crippen LogP contribution in [0.3, 0.4) is 0 Å². The zero-order valence-corrected chi connectivity index (χ0v) is 13.5. The second-order valence-electron chi connectivity index (χ2n) is 5.26. The van der Waals surface area contributed by atoms with Gasteiger partial charge in [-0.3, -0.25) is 0 Å². The van der Waals surface area contributed by atoms with Crippen molar-refractivity contribution >= 4 is 10.9 Å². The molecule has 0 saturated heterocycles. The van der Waals surface area contributed by atoms with Crippen molar-refractivity contribution in [1.29, 1.82) is 0 Å². The number of benzene rings is 2. The van der Waals surface area contributed by atoms with Gasteiger partial charge < -0.3 is 19.2 Å². The molecule has 0 aliphatic rings. The first-order chi connectivity index (χ1) is 11.3. The molecule has 3 rings (SSSR count). The summed E-state index contributed by atoms with van der Waals surface area (Å²) in [5, 5.41) is 1.14. The average Bonchev–Trinajstić information content (AvgIpc) is 3.06. The highest BCUT2D eigenvalue weighted by atomic mass is 16.5. The van der Waals surface area contributed by atoms with Crippen molar-refractivity contribution in [3.63, 3.8) is 0 Å². The number of ether oxygens (including phenoxy) is 3. The van der Waals surface area contributed by atoms with Gasteiger partial charge in [0.25, 0.3) is 0 Å². The van der Waals surface area contributed by atoms with E-state index in [1.54, 1.807) is 7.11 Å². The van der Waals surface area contributed by atoms with Gasteiger partial charge in [-0.2, -0.15) is 0 Å². The highest BCUT2D eigenvalue weighted by molar-refractivity contribution is 5.80. The second kappa shape index (κ2) is 7.09. The molecule has 0 atom stereocenters. The topological polar surface area (TPSA) is 43.5 Å². The van der Waals surface area contributed by atoms with Gasteiger partial charge >= 0.3 is 0 Å². The molecule has 0 aliphatic heterocycles. The number of methoxy groups -OCH3 is 1. The van der Waals surface area contributed by atoms with Gasteiger partial charge in [-0.15, -0.1) is 0 Å². The number of nitrogens with one attached hydrogen (secondary N) is 1. The fraction of sp³-hybridized carbons (Fsp3) is 0.263. The molecule has 0 bridgehead atoms. The van der Waals surface area contributed by atoms with Crippen LogP contribution < -0.4 is 14.2 Å². The molecule has 0 unspecified atom stereocenters. The van der Waals surface area contributed by atoms with Gasteiger partial charge in [0.05, 0.1) is 7.11 Å². The van der Waals surface area contributed by atoms with Crippen LogP contribution in [-0.2, 0) is 6.42 Å². The Morgan fingerprint density at radius 1 is 0.913 bits per heavy atom. The van der Waals surface area contributed by atoms with Crippen molar-refractivity contribution in [2.24, 2.45) is 0 Å². The fourth-order valence-corrected chi connectivity index (χ4v) is 2.48. The van der Waals surface area contributed by atoms with E-state index in [4.69, 9.17) is 14.2 Å². The maximum Gasteiger partial charge on any atom is 0.161 e. The van der Waals surface area contributed by atoms with Crippen LogP contribution in [0.2, 0.25) is 0 Å². The normalized spacial score (nSPS) is 10.7. The lowest BCUT2D eigenvalue weighted by Crippen LogP contribution is -2.09. The number of H-pyrrole nitrogens is 1. The average molecular weight is 311 g/mol. The Hall–Kier alpha value is -2.62. The molecule has 0 fully saturated rings. The van der Waals surface area contributed by atoms with Crippen LogP contribution >= 0.6 is 0 Å². The van der Waals surface area contributed by atoms with Crippen molar-refractivity contribution in [1.82, 2.24) is 4.98 Å². The van der Waals surface area contributed by atoms with E-state index in [2.05, 4.69) is 18.0 Å². The van der Waals surface area contributed by atoms with Gasteiger partial charge in [0.1, 0.15) is 19.0 Å². The minimum atomic E-state index is 0.465. The van der Waals surface area contributed by atoms with Crippen LogP contribution in [-0.4, -0.2) is 25.3 Å². The summed E-state index contributed by atoms with van der Waals surface area (Å²) in [5.41, 5.74) is 2.33. The Morgan fingerprint density at radius 3 is 2.61 bits per heavy atom. The third-order valence-corrected chi connectivity index (χ3v) is 3.77. The molecule has 0 amide bonds. The molecule has 1 heterocycles. The molecule has 0 aliphatic carbocycles. The van der Waals surface area contributed by atoms with Crippen LogP contribution in [0, 0.1) is 0 Å². The predicted octanol–water partition coefficient (Wildman–Crippen LogP) is 4.20. The molecule has 0 spiro atoms. The Kier molecular flexibility index (Phi) is 4.71. The van der Waals surface area contributed by atoms with Crippen LogP contribution in [0.15, 0.2) is 48.7 Å². The molecule has 1 aromatic heterocycles. The molecular formula is C19H21NO3. The lowest BCUT2D eigenvalue weighted by molar-refractivity contribution is 0.211. The fourth-order valence-electron chi connectivity index (χ4n) is 2.48. The summed E-state index contributed by atoms with van der Waals surface area (Å²) in [4.78, 5) is 3.16. The van der Waals surface area contributed by atoms with Gasteiger partial charge in [-0.25, -0.2) is 0 Å². The first-order valence-corrected chi connectivity index (χ1v) is 7.80. The summed E-state index contributed by atoms with van der Waals surface area (Å²) < 4.78 is 16.9. The van der Waals surface area contributed by atoms with E-state index in [1.165, 1.54) is 5.56 Å². The van der Waals surface area contributed by atoms with E-state index in [1.807, 2.05) is 42.6 Å². The van der Waals surface area contributed by atoms with Crippen molar-refractivity contribution in [3.05, 3.63) is 54.2 Å². The summed E-state index contributed by atoms with van der Waals surface area (Å²) in [6, 6.07) is 14.0. The molecule has 23 heavy (non-hydrogen) atoms. The number of aromatic nitrogens is 1. The zero-order valence-electron chi connectivity index (χ0n) is 13.5. The zero-order chi connectivity index (χ0) is 16.1. The van der Waals surface area contributed by atoms with Gasteiger partial charge in [0.2, 0.25) is 0 Å².